The summed E-state index contributed by atoms with van der Waals surface area (Å²) in [5, 5.41) is 2.83. The molecule has 23 heavy (non-hydrogen) atoms. The summed E-state index contributed by atoms with van der Waals surface area (Å²) in [6, 6.07) is 1.99. The van der Waals surface area contributed by atoms with Crippen LogP contribution < -0.4 is 11.1 Å². The van der Waals surface area contributed by atoms with Gasteiger partial charge in [-0.15, -0.1) is 0 Å². The average Bonchev–Trinajstić information content (AvgIpc) is 2.41. The van der Waals surface area contributed by atoms with Gasteiger partial charge in [-0.25, -0.2) is 13.6 Å². The second-order valence-electron chi connectivity index (χ2n) is 7.10. The predicted molar refractivity (Wildman–Crippen MR) is 85.1 cm³/mol. The molecular weight excluding hydrogens is 302 g/mol. The molecule has 0 bridgehead atoms. The van der Waals surface area contributed by atoms with Crippen molar-refractivity contribution in [2.24, 2.45) is 0 Å². The first-order chi connectivity index (χ1) is 10.7. The molecule has 1 fully saturated rings. The number of hydrogen-bond donors (Lipinski definition) is 2. The Labute approximate surface area is 135 Å². The number of benzene rings is 1. The van der Waals surface area contributed by atoms with E-state index < -0.39 is 23.3 Å². The van der Waals surface area contributed by atoms with Crippen LogP contribution in [0.1, 0.15) is 57.9 Å². The molecule has 2 atom stereocenters. The zero-order chi connectivity index (χ0) is 17.2. The highest BCUT2D eigenvalue weighted by molar-refractivity contribution is 5.68. The van der Waals surface area contributed by atoms with E-state index in [1.165, 1.54) is 6.07 Å². The number of carbonyl (C=O) groups is 1. The first-order valence-electron chi connectivity index (χ1n) is 7.89. The van der Waals surface area contributed by atoms with E-state index in [1.54, 1.807) is 20.8 Å². The van der Waals surface area contributed by atoms with Crippen molar-refractivity contribution in [3.8, 4) is 0 Å². The van der Waals surface area contributed by atoms with Gasteiger partial charge in [0.05, 0.1) is 5.69 Å². The van der Waals surface area contributed by atoms with Crippen molar-refractivity contribution < 1.29 is 18.3 Å². The molecule has 4 nitrogen and oxygen atoms in total. The fraction of sp³-hybridized carbons (Fsp3) is 0.588. The van der Waals surface area contributed by atoms with Crippen LogP contribution in [0.3, 0.4) is 0 Å². The molecule has 1 aromatic carbocycles. The molecule has 1 amide bonds. The van der Waals surface area contributed by atoms with Gasteiger partial charge in [-0.3, -0.25) is 0 Å². The number of nitrogens with two attached hydrogens (primary N) is 1. The third-order valence-electron chi connectivity index (χ3n) is 3.96. The van der Waals surface area contributed by atoms with Gasteiger partial charge in [0.25, 0.3) is 0 Å². The van der Waals surface area contributed by atoms with E-state index in [1.807, 2.05) is 0 Å². The molecule has 128 valence electrons. The Bertz CT molecular complexity index is 585. The van der Waals surface area contributed by atoms with E-state index in [-0.39, 0.29) is 17.6 Å². The summed E-state index contributed by atoms with van der Waals surface area (Å²) in [5.41, 5.74) is 5.68. The maximum Gasteiger partial charge on any atom is 0.407 e. The highest BCUT2D eigenvalue weighted by Gasteiger charge is 2.28. The van der Waals surface area contributed by atoms with E-state index in [4.69, 9.17) is 10.5 Å². The number of halogens is 2. The number of anilines is 1. The van der Waals surface area contributed by atoms with Crippen LogP contribution in [0.2, 0.25) is 0 Å². The number of hydrogen-bond acceptors (Lipinski definition) is 3. The molecule has 0 unspecified atom stereocenters. The Morgan fingerprint density at radius 1 is 1.30 bits per heavy atom. The van der Waals surface area contributed by atoms with Crippen LogP contribution in [0.4, 0.5) is 19.3 Å². The zero-order valence-electron chi connectivity index (χ0n) is 13.8. The Balaban J connectivity index is 2.05. The van der Waals surface area contributed by atoms with E-state index in [9.17, 15) is 13.6 Å². The normalized spacial score (nSPS) is 21.8. The van der Waals surface area contributed by atoms with Crippen molar-refractivity contribution in [1.29, 1.82) is 0 Å². The van der Waals surface area contributed by atoms with Gasteiger partial charge >= 0.3 is 6.09 Å². The molecule has 0 saturated heterocycles. The van der Waals surface area contributed by atoms with Gasteiger partial charge in [0.15, 0.2) is 0 Å². The summed E-state index contributed by atoms with van der Waals surface area (Å²) < 4.78 is 32.4. The van der Waals surface area contributed by atoms with Crippen LogP contribution in [0.15, 0.2) is 12.1 Å². The Hall–Kier alpha value is -1.85. The van der Waals surface area contributed by atoms with Crippen LogP contribution >= 0.6 is 0 Å². The summed E-state index contributed by atoms with van der Waals surface area (Å²) in [6.45, 7) is 5.39. The Morgan fingerprint density at radius 3 is 2.65 bits per heavy atom. The first-order valence-corrected chi connectivity index (χ1v) is 7.89. The molecule has 0 aliphatic heterocycles. The number of nitrogens with one attached hydrogen (secondary N) is 1. The van der Waals surface area contributed by atoms with Crippen LogP contribution in [0, 0.1) is 11.6 Å². The van der Waals surface area contributed by atoms with Crippen LogP contribution in [0.5, 0.6) is 0 Å². The molecule has 6 heteroatoms. The van der Waals surface area contributed by atoms with E-state index >= 15 is 0 Å². The number of alkyl carbamates (subject to hydrolysis) is 1. The first kappa shape index (κ1) is 17.5. The number of ether oxygens (including phenoxy) is 1. The second kappa shape index (κ2) is 6.72. The molecule has 3 N–H and O–H groups in total. The van der Waals surface area contributed by atoms with Crippen molar-refractivity contribution in [1.82, 2.24) is 5.32 Å². The third-order valence-corrected chi connectivity index (χ3v) is 3.96. The number of amides is 1. The van der Waals surface area contributed by atoms with Gasteiger partial charge in [-0.2, -0.15) is 0 Å². The highest BCUT2D eigenvalue weighted by Crippen LogP contribution is 2.37. The molecular formula is C17H24F2N2O2. The summed E-state index contributed by atoms with van der Waals surface area (Å²) in [6.07, 6.45) is 2.57. The minimum atomic E-state index is -0.734. The molecule has 1 aliphatic rings. The van der Waals surface area contributed by atoms with Gasteiger partial charge in [0.1, 0.15) is 17.2 Å². The summed E-state index contributed by atoms with van der Waals surface area (Å²) in [5.74, 6) is -1.44. The molecule has 1 aliphatic carbocycles. The van der Waals surface area contributed by atoms with Crippen molar-refractivity contribution in [3.63, 3.8) is 0 Å². The quantitative estimate of drug-likeness (QED) is 0.804. The number of nitrogen functional groups attached to an aromatic ring is 1. The lowest BCUT2D eigenvalue weighted by Gasteiger charge is -2.31. The monoisotopic (exact) mass is 326 g/mol. The van der Waals surface area contributed by atoms with Crippen LogP contribution in [-0.4, -0.2) is 17.7 Å². The molecule has 1 saturated carbocycles. The Kier molecular flexibility index (Phi) is 5.12. The molecule has 0 heterocycles. The minimum Gasteiger partial charge on any atom is -0.444 e. The summed E-state index contributed by atoms with van der Waals surface area (Å²) in [4.78, 5) is 11.9. The van der Waals surface area contributed by atoms with Crippen molar-refractivity contribution in [2.75, 3.05) is 5.73 Å². The second-order valence-corrected chi connectivity index (χ2v) is 7.10. The summed E-state index contributed by atoms with van der Waals surface area (Å²) >= 11 is 0. The van der Waals surface area contributed by atoms with E-state index in [0.717, 1.165) is 25.3 Å². The van der Waals surface area contributed by atoms with Crippen molar-refractivity contribution in [2.45, 2.75) is 64.0 Å². The van der Waals surface area contributed by atoms with Crippen LogP contribution in [0.25, 0.3) is 0 Å². The maximum absolute atomic E-state index is 13.6. The van der Waals surface area contributed by atoms with Crippen molar-refractivity contribution in [3.05, 3.63) is 29.3 Å². The molecule has 0 radical (unpaired) electrons. The summed E-state index contributed by atoms with van der Waals surface area (Å²) in [7, 11) is 0. The van der Waals surface area contributed by atoms with E-state index in [0.29, 0.717) is 12.0 Å². The lowest BCUT2D eigenvalue weighted by molar-refractivity contribution is 0.0490. The molecule has 0 aromatic heterocycles. The molecule has 1 aromatic rings. The van der Waals surface area contributed by atoms with Gasteiger partial charge in [-0.1, -0.05) is 6.42 Å². The SMILES string of the molecule is CC(C)(C)OC(=O)N[C@H]1CCC[C@@H](c2cc(F)cc(F)c2N)C1. The zero-order valence-corrected chi connectivity index (χ0v) is 13.8. The lowest BCUT2D eigenvalue weighted by Crippen LogP contribution is -2.41. The van der Waals surface area contributed by atoms with Gasteiger partial charge in [0.2, 0.25) is 0 Å². The minimum absolute atomic E-state index is 0.00526. The van der Waals surface area contributed by atoms with Crippen molar-refractivity contribution >= 4 is 11.8 Å². The predicted octanol–water partition coefficient (Wildman–Crippen LogP) is 4.10. The maximum atomic E-state index is 13.6. The van der Waals surface area contributed by atoms with Gasteiger partial charge in [0, 0.05) is 12.1 Å². The Morgan fingerprint density at radius 2 is 2.00 bits per heavy atom. The number of rotatable bonds is 2. The van der Waals surface area contributed by atoms with Gasteiger partial charge < -0.3 is 15.8 Å². The smallest absolute Gasteiger partial charge is 0.407 e. The third kappa shape index (κ3) is 4.81. The fourth-order valence-electron chi connectivity index (χ4n) is 3.02. The topological polar surface area (TPSA) is 64.3 Å². The average molecular weight is 326 g/mol. The fourth-order valence-corrected chi connectivity index (χ4v) is 3.02. The molecule has 0 spiro atoms. The number of carbonyl (C=O) groups excluding carboxylic acids is 1. The standard InChI is InChI=1S/C17H24F2N2O2/c1-17(2,3)23-16(22)21-12-6-4-5-10(7-12)13-8-11(18)9-14(19)15(13)20/h8-10,12H,4-7,20H2,1-3H3,(H,21,22)/t10-,12+/m1/s1. The van der Waals surface area contributed by atoms with Gasteiger partial charge in [-0.05, 0) is 57.6 Å². The molecule has 2 rings (SSSR count). The largest absolute Gasteiger partial charge is 0.444 e. The highest BCUT2D eigenvalue weighted by atomic mass is 19.1. The van der Waals surface area contributed by atoms with E-state index in [2.05, 4.69) is 5.32 Å². The van der Waals surface area contributed by atoms with Crippen LogP contribution in [-0.2, 0) is 4.74 Å². The lowest BCUT2D eigenvalue weighted by atomic mass is 9.80.